The van der Waals surface area contributed by atoms with Crippen molar-refractivity contribution in [3.8, 4) is 11.3 Å². The highest BCUT2D eigenvalue weighted by Crippen LogP contribution is 2.49. The number of alkyl halides is 3. The third-order valence-electron chi connectivity index (χ3n) is 6.73. The molecule has 0 unspecified atom stereocenters. The Kier molecular flexibility index (Phi) is 6.51. The van der Waals surface area contributed by atoms with Crippen LogP contribution in [0.3, 0.4) is 0 Å². The molecule has 0 bridgehead atoms. The summed E-state index contributed by atoms with van der Waals surface area (Å²) in [5.74, 6) is -0.309. The molecule has 2 atom stereocenters. The second-order valence-electron chi connectivity index (χ2n) is 10.1. The first-order chi connectivity index (χ1) is 16.8. The topological polar surface area (TPSA) is 114 Å². The number of aliphatic hydroxyl groups is 1. The van der Waals surface area contributed by atoms with Crippen LogP contribution in [-0.2, 0) is 16.6 Å². The standard InChI is InChI=1S/C26H28F3N5O2/c1-15-10-19(33-22(11-15)34-21-12-17(7-9-31-21)26(27,28)29)16-4-5-20(32-13-16)25(36)8-6-18(23(30)35)24(2,3)14-25/h4-5,7,9-13,18,36H,6,8,14H2,1-3H3,(H2,30,35)(H,31,33,34)/t18-,25+/m1/s1. The van der Waals surface area contributed by atoms with Crippen molar-refractivity contribution in [2.24, 2.45) is 17.1 Å². The quantitative estimate of drug-likeness (QED) is 0.450. The molecule has 10 heteroatoms. The van der Waals surface area contributed by atoms with Crippen molar-refractivity contribution in [3.05, 3.63) is 65.6 Å². The van der Waals surface area contributed by atoms with Crippen molar-refractivity contribution < 1.29 is 23.1 Å². The number of carbonyl (C=O) groups is 1. The molecule has 0 spiro atoms. The molecule has 1 aliphatic rings. The fraction of sp³-hybridized carbons (Fsp3) is 0.385. The van der Waals surface area contributed by atoms with E-state index in [0.29, 0.717) is 42.0 Å². The Labute approximate surface area is 207 Å². The average Bonchev–Trinajstić information content (AvgIpc) is 2.77. The van der Waals surface area contributed by atoms with Crippen molar-refractivity contribution in [2.45, 2.75) is 51.8 Å². The van der Waals surface area contributed by atoms with Crippen LogP contribution in [0.5, 0.6) is 0 Å². The number of halogens is 3. The van der Waals surface area contributed by atoms with Gasteiger partial charge in [-0.05, 0) is 73.6 Å². The molecule has 3 aromatic heterocycles. The van der Waals surface area contributed by atoms with Crippen LogP contribution in [0.25, 0.3) is 11.3 Å². The lowest BCUT2D eigenvalue weighted by Gasteiger charge is -2.45. The maximum absolute atomic E-state index is 13.0. The summed E-state index contributed by atoms with van der Waals surface area (Å²) in [6.45, 7) is 5.69. The smallest absolute Gasteiger partial charge is 0.384 e. The van der Waals surface area contributed by atoms with E-state index >= 15 is 0 Å². The van der Waals surface area contributed by atoms with Crippen molar-refractivity contribution >= 4 is 17.5 Å². The zero-order valence-corrected chi connectivity index (χ0v) is 20.2. The highest BCUT2D eigenvalue weighted by Gasteiger charge is 2.47. The zero-order chi connectivity index (χ0) is 26.3. The van der Waals surface area contributed by atoms with Gasteiger partial charge in [0.2, 0.25) is 5.91 Å². The fourth-order valence-electron chi connectivity index (χ4n) is 4.99. The van der Waals surface area contributed by atoms with Gasteiger partial charge in [-0.2, -0.15) is 13.2 Å². The van der Waals surface area contributed by atoms with E-state index in [1.807, 2.05) is 26.8 Å². The van der Waals surface area contributed by atoms with Gasteiger partial charge in [0.15, 0.2) is 0 Å². The van der Waals surface area contributed by atoms with Crippen LogP contribution in [-0.4, -0.2) is 26.0 Å². The molecule has 0 saturated heterocycles. The molecule has 36 heavy (non-hydrogen) atoms. The van der Waals surface area contributed by atoms with Crippen molar-refractivity contribution in [1.29, 1.82) is 0 Å². The first-order valence-corrected chi connectivity index (χ1v) is 11.5. The number of nitrogens with two attached hydrogens (primary N) is 1. The summed E-state index contributed by atoms with van der Waals surface area (Å²) in [5, 5.41) is 14.2. The summed E-state index contributed by atoms with van der Waals surface area (Å²) < 4.78 is 39.1. The number of amides is 1. The van der Waals surface area contributed by atoms with E-state index in [-0.39, 0.29) is 17.6 Å². The normalized spacial score (nSPS) is 21.7. The monoisotopic (exact) mass is 499 g/mol. The minimum Gasteiger partial charge on any atom is -0.384 e. The lowest BCUT2D eigenvalue weighted by molar-refractivity contribution is -0.137. The maximum Gasteiger partial charge on any atom is 0.416 e. The van der Waals surface area contributed by atoms with E-state index in [4.69, 9.17) is 5.73 Å². The molecule has 4 N–H and O–H groups in total. The summed E-state index contributed by atoms with van der Waals surface area (Å²) >= 11 is 0. The molecule has 0 aliphatic heterocycles. The number of primary amides is 1. The summed E-state index contributed by atoms with van der Waals surface area (Å²) in [4.78, 5) is 24.8. The second kappa shape index (κ2) is 9.16. The third kappa shape index (κ3) is 5.33. The number of anilines is 2. The maximum atomic E-state index is 13.0. The lowest BCUT2D eigenvalue weighted by atomic mass is 9.62. The molecule has 1 saturated carbocycles. The van der Waals surface area contributed by atoms with E-state index < -0.39 is 22.8 Å². The minimum absolute atomic E-state index is 0.0266. The molecule has 1 fully saturated rings. The Balaban J connectivity index is 1.57. The first-order valence-electron chi connectivity index (χ1n) is 11.5. The summed E-state index contributed by atoms with van der Waals surface area (Å²) in [6.07, 6.45) is -0.587. The number of rotatable bonds is 5. The summed E-state index contributed by atoms with van der Waals surface area (Å²) in [5.41, 5.74) is 5.66. The Morgan fingerprint density at radius 3 is 2.50 bits per heavy atom. The van der Waals surface area contributed by atoms with Gasteiger partial charge in [0.25, 0.3) is 0 Å². The van der Waals surface area contributed by atoms with Crippen molar-refractivity contribution in [1.82, 2.24) is 15.0 Å². The minimum atomic E-state index is -4.48. The predicted octanol–water partition coefficient (Wildman–Crippen LogP) is 5.11. The van der Waals surface area contributed by atoms with Crippen LogP contribution in [0.1, 0.15) is 49.9 Å². The average molecular weight is 500 g/mol. The molecular formula is C26H28F3N5O2. The Hall–Kier alpha value is -3.53. The molecule has 3 heterocycles. The van der Waals surface area contributed by atoms with Gasteiger partial charge >= 0.3 is 6.18 Å². The van der Waals surface area contributed by atoms with Crippen LogP contribution in [0, 0.1) is 18.3 Å². The number of pyridine rings is 3. The van der Waals surface area contributed by atoms with Gasteiger partial charge in [0.05, 0.1) is 17.0 Å². The Bertz CT molecular complexity index is 1280. The molecule has 0 radical (unpaired) electrons. The SMILES string of the molecule is Cc1cc(Nc2cc(C(F)(F)F)ccn2)nc(-c2ccc([C@]3(O)CC[C@H](C(N)=O)C(C)(C)C3)nc2)c1. The highest BCUT2D eigenvalue weighted by atomic mass is 19.4. The second-order valence-corrected chi connectivity index (χ2v) is 10.1. The predicted molar refractivity (Wildman–Crippen MR) is 129 cm³/mol. The summed E-state index contributed by atoms with van der Waals surface area (Å²) in [7, 11) is 0. The number of nitrogens with zero attached hydrogens (tertiary/aromatic N) is 3. The van der Waals surface area contributed by atoms with Gasteiger partial charge in [-0.25, -0.2) is 9.97 Å². The molecule has 3 aromatic rings. The van der Waals surface area contributed by atoms with Crippen LogP contribution in [0.2, 0.25) is 0 Å². The molecule has 7 nitrogen and oxygen atoms in total. The molecule has 4 rings (SSSR count). The van der Waals surface area contributed by atoms with Gasteiger partial charge in [-0.3, -0.25) is 9.78 Å². The number of nitrogens with one attached hydrogen (secondary N) is 1. The van der Waals surface area contributed by atoms with Crippen molar-refractivity contribution in [3.63, 3.8) is 0 Å². The van der Waals surface area contributed by atoms with Crippen LogP contribution in [0.4, 0.5) is 24.8 Å². The molecule has 1 aliphatic carbocycles. The van der Waals surface area contributed by atoms with Crippen LogP contribution >= 0.6 is 0 Å². The van der Waals surface area contributed by atoms with Gasteiger partial charge in [0.1, 0.15) is 17.2 Å². The number of hydrogen-bond acceptors (Lipinski definition) is 6. The van der Waals surface area contributed by atoms with Crippen molar-refractivity contribution in [2.75, 3.05) is 5.32 Å². The van der Waals surface area contributed by atoms with Crippen LogP contribution in [0.15, 0.2) is 48.8 Å². The number of aryl methyl sites for hydroxylation is 1. The number of carbonyl (C=O) groups excluding carboxylic acids is 1. The molecular weight excluding hydrogens is 471 g/mol. The van der Waals surface area contributed by atoms with E-state index in [1.165, 1.54) is 0 Å². The zero-order valence-electron chi connectivity index (χ0n) is 20.2. The Morgan fingerprint density at radius 1 is 1.14 bits per heavy atom. The first kappa shape index (κ1) is 25.6. The van der Waals surface area contributed by atoms with Gasteiger partial charge in [-0.15, -0.1) is 0 Å². The van der Waals surface area contributed by atoms with E-state index in [9.17, 15) is 23.1 Å². The van der Waals surface area contributed by atoms with Gasteiger partial charge < -0.3 is 16.2 Å². The molecule has 1 amide bonds. The number of aromatic nitrogens is 3. The largest absolute Gasteiger partial charge is 0.416 e. The van der Waals surface area contributed by atoms with Gasteiger partial charge in [0, 0.05) is 23.9 Å². The van der Waals surface area contributed by atoms with E-state index in [1.54, 1.807) is 24.4 Å². The van der Waals surface area contributed by atoms with E-state index in [2.05, 4.69) is 20.3 Å². The number of hydrogen-bond donors (Lipinski definition) is 3. The summed E-state index contributed by atoms with van der Waals surface area (Å²) in [6, 6.07) is 8.90. The van der Waals surface area contributed by atoms with Gasteiger partial charge in [-0.1, -0.05) is 13.8 Å². The molecule has 0 aromatic carbocycles. The fourth-order valence-corrected chi connectivity index (χ4v) is 4.99. The highest BCUT2D eigenvalue weighted by molar-refractivity contribution is 5.77. The molecule has 190 valence electrons. The van der Waals surface area contributed by atoms with Crippen LogP contribution < -0.4 is 11.1 Å². The lowest BCUT2D eigenvalue weighted by Crippen LogP contribution is -2.46. The Morgan fingerprint density at radius 2 is 1.89 bits per heavy atom. The van der Waals surface area contributed by atoms with E-state index in [0.717, 1.165) is 23.9 Å². The third-order valence-corrected chi connectivity index (χ3v) is 6.73.